The predicted octanol–water partition coefficient (Wildman–Crippen LogP) is 2.81. The molecule has 0 bridgehead atoms. The van der Waals surface area contributed by atoms with E-state index in [4.69, 9.17) is 0 Å². The SMILES string of the molecule is O=[N+]([O-])c1ccc(C(O)CCNCc2ccccc2)cc1. The van der Waals surface area contributed by atoms with E-state index in [1.165, 1.54) is 17.7 Å². The molecule has 0 aromatic heterocycles. The van der Waals surface area contributed by atoms with E-state index in [1.54, 1.807) is 12.1 Å². The van der Waals surface area contributed by atoms with Crippen molar-refractivity contribution in [2.45, 2.75) is 19.1 Å². The molecule has 0 amide bonds. The van der Waals surface area contributed by atoms with E-state index < -0.39 is 11.0 Å². The molecule has 0 spiro atoms. The van der Waals surface area contributed by atoms with Crippen LogP contribution in [-0.2, 0) is 6.54 Å². The molecular formula is C16H18N2O3. The maximum atomic E-state index is 10.6. The van der Waals surface area contributed by atoms with Crippen LogP contribution in [0.5, 0.6) is 0 Å². The molecule has 1 atom stereocenters. The van der Waals surface area contributed by atoms with Crippen LogP contribution in [0.15, 0.2) is 54.6 Å². The standard InChI is InChI=1S/C16H18N2O3/c19-16(14-6-8-15(9-7-14)18(20)21)10-11-17-12-13-4-2-1-3-5-13/h1-9,16-17,19H,10-12H2. The predicted molar refractivity (Wildman–Crippen MR) is 80.8 cm³/mol. The summed E-state index contributed by atoms with van der Waals surface area (Å²) in [6.07, 6.45) is -0.0564. The Kier molecular flexibility index (Phi) is 5.43. The van der Waals surface area contributed by atoms with Crippen molar-refractivity contribution >= 4 is 5.69 Å². The molecule has 2 aromatic carbocycles. The highest BCUT2D eigenvalue weighted by Crippen LogP contribution is 2.19. The lowest BCUT2D eigenvalue weighted by Gasteiger charge is -2.11. The second kappa shape index (κ2) is 7.52. The van der Waals surface area contributed by atoms with E-state index in [1.807, 2.05) is 30.3 Å². The molecule has 110 valence electrons. The molecule has 2 N–H and O–H groups in total. The van der Waals surface area contributed by atoms with Crippen molar-refractivity contribution in [3.63, 3.8) is 0 Å². The van der Waals surface area contributed by atoms with Gasteiger partial charge in [0.1, 0.15) is 0 Å². The van der Waals surface area contributed by atoms with E-state index in [0.29, 0.717) is 18.5 Å². The number of aliphatic hydroxyl groups excluding tert-OH is 1. The molecule has 0 heterocycles. The Hall–Kier alpha value is -2.24. The van der Waals surface area contributed by atoms with Crippen LogP contribution in [0.3, 0.4) is 0 Å². The van der Waals surface area contributed by atoms with Gasteiger partial charge in [0.15, 0.2) is 0 Å². The molecule has 0 saturated carbocycles. The Morgan fingerprint density at radius 1 is 1.10 bits per heavy atom. The summed E-state index contributed by atoms with van der Waals surface area (Å²) < 4.78 is 0. The van der Waals surface area contributed by atoms with Crippen LogP contribution in [0.2, 0.25) is 0 Å². The molecule has 0 saturated heterocycles. The normalized spacial score (nSPS) is 12.0. The highest BCUT2D eigenvalue weighted by Gasteiger charge is 2.10. The molecule has 0 aliphatic rings. The summed E-state index contributed by atoms with van der Waals surface area (Å²) in [5.74, 6) is 0. The average Bonchev–Trinajstić information content (AvgIpc) is 2.52. The van der Waals surface area contributed by atoms with Crippen LogP contribution >= 0.6 is 0 Å². The highest BCUT2D eigenvalue weighted by atomic mass is 16.6. The van der Waals surface area contributed by atoms with Gasteiger partial charge < -0.3 is 10.4 Å². The van der Waals surface area contributed by atoms with Gasteiger partial charge in [0.25, 0.3) is 5.69 Å². The second-order valence-corrected chi connectivity index (χ2v) is 4.82. The summed E-state index contributed by atoms with van der Waals surface area (Å²) in [5, 5.41) is 23.9. The average molecular weight is 286 g/mol. The molecule has 0 fully saturated rings. The third kappa shape index (κ3) is 4.66. The van der Waals surface area contributed by atoms with Gasteiger partial charge in [-0.3, -0.25) is 10.1 Å². The quantitative estimate of drug-likeness (QED) is 0.466. The monoisotopic (exact) mass is 286 g/mol. The molecule has 2 aromatic rings. The number of hydrogen-bond donors (Lipinski definition) is 2. The highest BCUT2D eigenvalue weighted by molar-refractivity contribution is 5.33. The van der Waals surface area contributed by atoms with E-state index in [-0.39, 0.29) is 5.69 Å². The largest absolute Gasteiger partial charge is 0.388 e. The van der Waals surface area contributed by atoms with Crippen molar-refractivity contribution < 1.29 is 10.0 Å². The van der Waals surface area contributed by atoms with Crippen LogP contribution < -0.4 is 5.32 Å². The molecule has 1 unspecified atom stereocenters. The number of hydrogen-bond acceptors (Lipinski definition) is 4. The number of nitro groups is 1. The Morgan fingerprint density at radius 3 is 2.38 bits per heavy atom. The van der Waals surface area contributed by atoms with Gasteiger partial charge in [-0.25, -0.2) is 0 Å². The Morgan fingerprint density at radius 2 is 1.76 bits per heavy atom. The molecule has 0 aliphatic heterocycles. The van der Waals surface area contributed by atoms with Crippen LogP contribution in [0, 0.1) is 10.1 Å². The van der Waals surface area contributed by atoms with Crippen LogP contribution in [-0.4, -0.2) is 16.6 Å². The molecule has 5 heteroatoms. The number of nitrogens with zero attached hydrogens (tertiary/aromatic N) is 1. The molecule has 0 radical (unpaired) electrons. The zero-order valence-electron chi connectivity index (χ0n) is 11.6. The van der Waals surface area contributed by atoms with Gasteiger partial charge in [-0.15, -0.1) is 0 Å². The van der Waals surface area contributed by atoms with Gasteiger partial charge in [0.05, 0.1) is 11.0 Å². The summed E-state index contributed by atoms with van der Waals surface area (Å²) in [6.45, 7) is 1.43. The minimum Gasteiger partial charge on any atom is -0.388 e. The molecular weight excluding hydrogens is 268 g/mol. The summed E-state index contributed by atoms with van der Waals surface area (Å²) in [4.78, 5) is 10.1. The minimum absolute atomic E-state index is 0.0353. The van der Waals surface area contributed by atoms with Gasteiger partial charge >= 0.3 is 0 Å². The lowest BCUT2D eigenvalue weighted by Crippen LogP contribution is -2.17. The van der Waals surface area contributed by atoms with Crippen molar-refractivity contribution in [1.29, 1.82) is 0 Å². The first-order valence-corrected chi connectivity index (χ1v) is 6.84. The van der Waals surface area contributed by atoms with Crippen molar-refractivity contribution in [3.8, 4) is 0 Å². The summed E-state index contributed by atoms with van der Waals surface area (Å²) >= 11 is 0. The van der Waals surface area contributed by atoms with Gasteiger partial charge in [-0.05, 0) is 36.2 Å². The van der Waals surface area contributed by atoms with Crippen molar-refractivity contribution in [2.75, 3.05) is 6.54 Å². The van der Waals surface area contributed by atoms with Gasteiger partial charge in [0.2, 0.25) is 0 Å². The van der Waals surface area contributed by atoms with Gasteiger partial charge in [-0.1, -0.05) is 30.3 Å². The molecule has 5 nitrogen and oxygen atoms in total. The molecule has 21 heavy (non-hydrogen) atoms. The van der Waals surface area contributed by atoms with Crippen LogP contribution in [0.25, 0.3) is 0 Å². The topological polar surface area (TPSA) is 75.4 Å². The van der Waals surface area contributed by atoms with E-state index >= 15 is 0 Å². The summed E-state index contributed by atoms with van der Waals surface area (Å²) in [5.41, 5.74) is 1.93. The molecule has 2 rings (SSSR count). The minimum atomic E-state index is -0.617. The number of nitrogens with one attached hydrogen (secondary N) is 1. The maximum Gasteiger partial charge on any atom is 0.269 e. The second-order valence-electron chi connectivity index (χ2n) is 4.82. The fourth-order valence-electron chi connectivity index (χ4n) is 2.05. The lowest BCUT2D eigenvalue weighted by atomic mass is 10.1. The third-order valence-corrected chi connectivity index (χ3v) is 3.26. The van der Waals surface area contributed by atoms with E-state index in [9.17, 15) is 15.2 Å². The van der Waals surface area contributed by atoms with Crippen LogP contribution in [0.4, 0.5) is 5.69 Å². The zero-order valence-corrected chi connectivity index (χ0v) is 11.6. The fourth-order valence-corrected chi connectivity index (χ4v) is 2.05. The Bertz CT molecular complexity index is 570. The summed E-state index contributed by atoms with van der Waals surface area (Å²) in [6, 6.07) is 16.1. The first-order chi connectivity index (χ1) is 10.2. The van der Waals surface area contributed by atoms with Crippen molar-refractivity contribution in [3.05, 3.63) is 75.8 Å². The number of rotatable bonds is 7. The van der Waals surface area contributed by atoms with E-state index in [0.717, 1.165) is 6.54 Å². The van der Waals surface area contributed by atoms with Crippen molar-refractivity contribution in [2.24, 2.45) is 0 Å². The Labute approximate surface area is 123 Å². The smallest absolute Gasteiger partial charge is 0.269 e. The van der Waals surface area contributed by atoms with E-state index in [2.05, 4.69) is 5.32 Å². The fraction of sp³-hybridized carbons (Fsp3) is 0.250. The number of non-ortho nitro benzene ring substituents is 1. The first-order valence-electron chi connectivity index (χ1n) is 6.84. The van der Waals surface area contributed by atoms with Crippen LogP contribution in [0.1, 0.15) is 23.7 Å². The third-order valence-electron chi connectivity index (χ3n) is 3.26. The van der Waals surface area contributed by atoms with Gasteiger partial charge in [0, 0.05) is 18.7 Å². The lowest BCUT2D eigenvalue weighted by molar-refractivity contribution is -0.384. The Balaban J connectivity index is 1.76. The maximum absolute atomic E-state index is 10.6. The van der Waals surface area contributed by atoms with Crippen molar-refractivity contribution in [1.82, 2.24) is 5.32 Å². The first kappa shape index (κ1) is 15.2. The summed E-state index contributed by atoms with van der Waals surface area (Å²) in [7, 11) is 0. The number of benzene rings is 2. The zero-order chi connectivity index (χ0) is 15.1. The number of nitro benzene ring substituents is 1. The number of aliphatic hydroxyl groups is 1. The molecule has 0 aliphatic carbocycles. The van der Waals surface area contributed by atoms with Gasteiger partial charge in [-0.2, -0.15) is 0 Å².